The van der Waals surface area contributed by atoms with E-state index in [1.54, 1.807) is 5.38 Å². The number of thiophene rings is 1. The van der Waals surface area contributed by atoms with E-state index in [2.05, 4.69) is 50.4 Å². The minimum atomic E-state index is -0.133. The van der Waals surface area contributed by atoms with E-state index in [1.165, 1.54) is 28.5 Å². The summed E-state index contributed by atoms with van der Waals surface area (Å²) in [4.78, 5) is 12.4. The van der Waals surface area contributed by atoms with E-state index in [9.17, 15) is 9.90 Å². The quantitative estimate of drug-likeness (QED) is 0.904. The molecular formula is C17H21NO2S. The van der Waals surface area contributed by atoms with Crippen LogP contribution in [0.4, 0.5) is 0 Å². The molecule has 112 valence electrons. The molecule has 2 N–H and O–H groups in total. The van der Waals surface area contributed by atoms with Crippen LogP contribution in [0, 0.1) is 0 Å². The van der Waals surface area contributed by atoms with Crippen molar-refractivity contribution in [2.45, 2.75) is 32.6 Å². The van der Waals surface area contributed by atoms with Gasteiger partial charge in [0.15, 0.2) is 0 Å². The summed E-state index contributed by atoms with van der Waals surface area (Å²) < 4.78 is 0. The van der Waals surface area contributed by atoms with Crippen LogP contribution in [0.15, 0.2) is 35.7 Å². The fourth-order valence-corrected chi connectivity index (χ4v) is 2.71. The summed E-state index contributed by atoms with van der Waals surface area (Å²) in [6, 6.07) is 10.0. The molecule has 21 heavy (non-hydrogen) atoms. The first kappa shape index (κ1) is 15.6. The molecule has 0 aliphatic heterocycles. The van der Waals surface area contributed by atoms with Crippen molar-refractivity contribution in [1.29, 1.82) is 0 Å². The van der Waals surface area contributed by atoms with E-state index < -0.39 is 0 Å². The fraction of sp³-hybridized carbons (Fsp3) is 0.353. The van der Waals surface area contributed by atoms with Gasteiger partial charge in [0, 0.05) is 18.0 Å². The van der Waals surface area contributed by atoms with Crippen molar-refractivity contribution >= 4 is 17.2 Å². The Hall–Kier alpha value is -1.81. The van der Waals surface area contributed by atoms with E-state index >= 15 is 0 Å². The molecule has 4 heteroatoms. The Balaban J connectivity index is 1.85. The Morgan fingerprint density at radius 3 is 2.43 bits per heavy atom. The third-order valence-corrected chi connectivity index (χ3v) is 4.25. The summed E-state index contributed by atoms with van der Waals surface area (Å²) in [6.07, 6.45) is 0.799. The summed E-state index contributed by atoms with van der Waals surface area (Å²) in [5.74, 6) is 0.00882. The van der Waals surface area contributed by atoms with E-state index in [-0.39, 0.29) is 17.1 Å². The third kappa shape index (κ3) is 4.33. The molecule has 1 aromatic heterocycles. The molecule has 3 nitrogen and oxygen atoms in total. The summed E-state index contributed by atoms with van der Waals surface area (Å²) in [6.45, 7) is 7.17. The molecule has 2 aromatic rings. The maximum Gasteiger partial charge on any atom is 0.261 e. The smallest absolute Gasteiger partial charge is 0.261 e. The topological polar surface area (TPSA) is 49.3 Å². The molecule has 0 radical (unpaired) electrons. The molecule has 0 saturated heterocycles. The number of hydrogen-bond donors (Lipinski definition) is 2. The minimum absolute atomic E-state index is 0.133. The van der Waals surface area contributed by atoms with Gasteiger partial charge in [-0.2, -0.15) is 0 Å². The standard InChI is InChI=1S/C17H21NO2S/c1-17(2,3)13-6-4-12(5-7-13)8-9-18-16(20)15-10-14(19)11-21-15/h4-7,10-11,19H,8-9H2,1-3H3,(H,18,20). The highest BCUT2D eigenvalue weighted by Crippen LogP contribution is 2.22. The molecule has 0 spiro atoms. The van der Waals surface area contributed by atoms with Gasteiger partial charge in [0.2, 0.25) is 0 Å². The van der Waals surface area contributed by atoms with Gasteiger partial charge in [0.05, 0.1) is 4.88 Å². The Kier molecular flexibility index (Phi) is 4.68. The van der Waals surface area contributed by atoms with Gasteiger partial charge in [-0.3, -0.25) is 4.79 Å². The summed E-state index contributed by atoms with van der Waals surface area (Å²) in [5, 5.41) is 13.6. The van der Waals surface area contributed by atoms with E-state index in [0.29, 0.717) is 11.4 Å². The number of carbonyl (C=O) groups excluding carboxylic acids is 1. The van der Waals surface area contributed by atoms with Crippen LogP contribution in [0.2, 0.25) is 0 Å². The van der Waals surface area contributed by atoms with Crippen LogP contribution in [0.5, 0.6) is 5.75 Å². The molecular weight excluding hydrogens is 282 g/mol. The number of carbonyl (C=O) groups is 1. The summed E-state index contributed by atoms with van der Waals surface area (Å²) in [5.41, 5.74) is 2.68. The predicted octanol–water partition coefficient (Wildman–Crippen LogP) is 3.72. The van der Waals surface area contributed by atoms with Crippen LogP contribution in [0.25, 0.3) is 0 Å². The minimum Gasteiger partial charge on any atom is -0.507 e. The van der Waals surface area contributed by atoms with Crippen molar-refractivity contribution in [2.24, 2.45) is 0 Å². The van der Waals surface area contributed by atoms with Gasteiger partial charge < -0.3 is 10.4 Å². The lowest BCUT2D eigenvalue weighted by atomic mass is 9.86. The fourth-order valence-electron chi connectivity index (χ4n) is 2.02. The lowest BCUT2D eigenvalue weighted by Gasteiger charge is -2.19. The summed E-state index contributed by atoms with van der Waals surface area (Å²) in [7, 11) is 0. The Labute approximate surface area is 129 Å². The normalized spacial score (nSPS) is 11.4. The first-order valence-corrected chi connectivity index (χ1v) is 7.89. The number of hydrogen-bond acceptors (Lipinski definition) is 3. The highest BCUT2D eigenvalue weighted by molar-refractivity contribution is 7.12. The van der Waals surface area contributed by atoms with Gasteiger partial charge in [-0.1, -0.05) is 45.0 Å². The molecule has 0 saturated carbocycles. The van der Waals surface area contributed by atoms with Gasteiger partial charge in [-0.25, -0.2) is 0 Å². The maximum atomic E-state index is 11.8. The van der Waals surface area contributed by atoms with Crippen LogP contribution in [-0.4, -0.2) is 17.6 Å². The third-order valence-electron chi connectivity index (χ3n) is 3.33. The maximum absolute atomic E-state index is 11.8. The first-order valence-electron chi connectivity index (χ1n) is 7.01. The van der Waals surface area contributed by atoms with Gasteiger partial charge in [0.25, 0.3) is 5.91 Å². The van der Waals surface area contributed by atoms with Crippen LogP contribution in [0.1, 0.15) is 41.6 Å². The molecule has 0 atom stereocenters. The van der Waals surface area contributed by atoms with Crippen molar-refractivity contribution in [3.05, 3.63) is 51.7 Å². The van der Waals surface area contributed by atoms with Crippen molar-refractivity contribution in [3.8, 4) is 5.75 Å². The van der Waals surface area contributed by atoms with Crippen LogP contribution in [0.3, 0.4) is 0 Å². The number of nitrogens with one attached hydrogen (secondary N) is 1. The van der Waals surface area contributed by atoms with E-state index in [1.807, 2.05) is 0 Å². The van der Waals surface area contributed by atoms with Crippen LogP contribution in [-0.2, 0) is 11.8 Å². The average molecular weight is 303 g/mol. The lowest BCUT2D eigenvalue weighted by molar-refractivity contribution is 0.0958. The predicted molar refractivity (Wildman–Crippen MR) is 87.2 cm³/mol. The largest absolute Gasteiger partial charge is 0.507 e. The number of aromatic hydroxyl groups is 1. The lowest BCUT2D eigenvalue weighted by Crippen LogP contribution is -2.24. The zero-order valence-corrected chi connectivity index (χ0v) is 13.5. The molecule has 1 aromatic carbocycles. The summed E-state index contributed by atoms with van der Waals surface area (Å²) >= 11 is 1.25. The molecule has 0 aliphatic carbocycles. The van der Waals surface area contributed by atoms with Crippen molar-refractivity contribution < 1.29 is 9.90 Å². The van der Waals surface area contributed by atoms with Crippen molar-refractivity contribution in [2.75, 3.05) is 6.54 Å². The zero-order chi connectivity index (χ0) is 15.5. The Bertz CT molecular complexity index is 608. The molecule has 0 bridgehead atoms. The second-order valence-corrected chi connectivity index (χ2v) is 7.03. The Morgan fingerprint density at radius 1 is 1.24 bits per heavy atom. The molecule has 0 unspecified atom stereocenters. The molecule has 1 amide bonds. The Morgan fingerprint density at radius 2 is 1.90 bits per heavy atom. The number of benzene rings is 1. The van der Waals surface area contributed by atoms with Crippen LogP contribution < -0.4 is 5.32 Å². The molecule has 1 heterocycles. The van der Waals surface area contributed by atoms with E-state index in [4.69, 9.17) is 0 Å². The van der Waals surface area contributed by atoms with Gasteiger partial charge in [-0.15, -0.1) is 11.3 Å². The highest BCUT2D eigenvalue weighted by atomic mass is 32.1. The van der Waals surface area contributed by atoms with Gasteiger partial charge >= 0.3 is 0 Å². The monoisotopic (exact) mass is 303 g/mol. The first-order chi connectivity index (χ1) is 9.86. The van der Waals surface area contributed by atoms with Gasteiger partial charge in [-0.05, 0) is 23.0 Å². The number of rotatable bonds is 4. The average Bonchev–Trinajstić information content (AvgIpc) is 2.85. The molecule has 0 fully saturated rings. The van der Waals surface area contributed by atoms with E-state index in [0.717, 1.165) is 6.42 Å². The molecule has 2 rings (SSSR count). The molecule has 0 aliphatic rings. The zero-order valence-electron chi connectivity index (χ0n) is 12.6. The highest BCUT2D eigenvalue weighted by Gasteiger charge is 2.13. The second-order valence-electron chi connectivity index (χ2n) is 6.12. The van der Waals surface area contributed by atoms with Gasteiger partial charge in [0.1, 0.15) is 5.75 Å². The van der Waals surface area contributed by atoms with Crippen molar-refractivity contribution in [3.63, 3.8) is 0 Å². The SMILES string of the molecule is CC(C)(C)c1ccc(CCNC(=O)c2cc(O)cs2)cc1. The number of amides is 1. The van der Waals surface area contributed by atoms with Crippen LogP contribution >= 0.6 is 11.3 Å². The van der Waals surface area contributed by atoms with Crippen molar-refractivity contribution in [1.82, 2.24) is 5.32 Å². The second kappa shape index (κ2) is 6.31.